The number of nitrogens with one attached hydrogen (secondary N) is 1. The summed E-state index contributed by atoms with van der Waals surface area (Å²) >= 11 is 0. The van der Waals surface area contributed by atoms with Crippen molar-refractivity contribution < 1.29 is 23.8 Å². The monoisotopic (exact) mass is 539 g/mol. The van der Waals surface area contributed by atoms with Crippen LogP contribution in [0.25, 0.3) is 10.9 Å². The molecular formula is C32H33N3O5. The normalized spacial score (nSPS) is 18.5. The Morgan fingerprint density at radius 2 is 1.60 bits per heavy atom. The van der Waals surface area contributed by atoms with E-state index in [0.717, 1.165) is 40.6 Å². The molecule has 2 aliphatic rings. The number of carbonyl (C=O) groups is 2. The van der Waals surface area contributed by atoms with Gasteiger partial charge in [0.2, 0.25) is 17.6 Å². The molecule has 1 fully saturated rings. The summed E-state index contributed by atoms with van der Waals surface area (Å²) in [5.41, 5.74) is 4.95. The molecule has 0 bridgehead atoms. The number of aromatic amines is 1. The van der Waals surface area contributed by atoms with E-state index in [0.29, 0.717) is 30.2 Å². The molecule has 0 spiro atoms. The summed E-state index contributed by atoms with van der Waals surface area (Å²) in [5.74, 6) is 1.38. The lowest BCUT2D eigenvalue weighted by molar-refractivity contribution is -0.158. The third-order valence-electron chi connectivity index (χ3n) is 8.08. The topological polar surface area (TPSA) is 84.1 Å². The molecule has 206 valence electrons. The average Bonchev–Trinajstić information content (AvgIpc) is 3.36. The minimum atomic E-state index is -0.603. The van der Waals surface area contributed by atoms with Crippen LogP contribution >= 0.6 is 0 Å². The van der Waals surface area contributed by atoms with Crippen LogP contribution in [-0.2, 0) is 22.4 Å². The SMILES string of the molecule is COc1cc([C@@H]2c3[nH]c4ccccc4c3C[C@H]3C(=O)N(CCCc4ccccc4)CC(=O)N23)cc(OC)c1OC. The summed E-state index contributed by atoms with van der Waals surface area (Å²) in [6, 6.07) is 20.9. The molecule has 0 unspecified atom stereocenters. The molecular weight excluding hydrogens is 506 g/mol. The fourth-order valence-electron chi connectivity index (χ4n) is 6.24. The number of benzene rings is 3. The molecule has 4 aromatic rings. The first-order chi connectivity index (χ1) is 19.5. The number of nitrogens with zero attached hydrogens (tertiary/aromatic N) is 2. The minimum Gasteiger partial charge on any atom is -0.493 e. The minimum absolute atomic E-state index is 0.0129. The van der Waals surface area contributed by atoms with Gasteiger partial charge in [-0.2, -0.15) is 0 Å². The van der Waals surface area contributed by atoms with Crippen molar-refractivity contribution in [1.29, 1.82) is 0 Å². The van der Waals surface area contributed by atoms with Crippen LogP contribution in [0.15, 0.2) is 66.7 Å². The van der Waals surface area contributed by atoms with Gasteiger partial charge in [0.1, 0.15) is 6.04 Å². The van der Waals surface area contributed by atoms with Crippen molar-refractivity contribution >= 4 is 22.7 Å². The largest absolute Gasteiger partial charge is 0.493 e. The summed E-state index contributed by atoms with van der Waals surface area (Å²) in [6.45, 7) is 0.597. The van der Waals surface area contributed by atoms with E-state index in [-0.39, 0.29) is 18.4 Å². The molecule has 0 aliphatic carbocycles. The maximum absolute atomic E-state index is 14.0. The number of fused-ring (bicyclic) bond motifs is 4. The molecule has 2 aliphatic heterocycles. The average molecular weight is 540 g/mol. The maximum Gasteiger partial charge on any atom is 0.246 e. The molecule has 2 atom stereocenters. The van der Waals surface area contributed by atoms with Crippen molar-refractivity contribution in [2.45, 2.75) is 31.3 Å². The summed E-state index contributed by atoms with van der Waals surface area (Å²) in [6.07, 6.45) is 2.11. The van der Waals surface area contributed by atoms with Gasteiger partial charge in [-0.1, -0.05) is 48.5 Å². The van der Waals surface area contributed by atoms with Crippen molar-refractivity contribution in [3.8, 4) is 17.2 Å². The van der Waals surface area contributed by atoms with Crippen molar-refractivity contribution in [3.63, 3.8) is 0 Å². The maximum atomic E-state index is 14.0. The number of amides is 2. The van der Waals surface area contributed by atoms with Crippen molar-refractivity contribution in [2.75, 3.05) is 34.4 Å². The zero-order valence-electron chi connectivity index (χ0n) is 23.0. The molecule has 2 amide bonds. The van der Waals surface area contributed by atoms with Crippen LogP contribution in [-0.4, -0.2) is 67.1 Å². The number of carbonyl (C=O) groups excluding carboxylic acids is 2. The van der Waals surface area contributed by atoms with E-state index in [4.69, 9.17) is 14.2 Å². The number of aromatic nitrogens is 1. The predicted octanol–water partition coefficient (Wildman–Crippen LogP) is 4.51. The molecule has 0 radical (unpaired) electrons. The van der Waals surface area contributed by atoms with E-state index in [9.17, 15) is 9.59 Å². The highest BCUT2D eigenvalue weighted by Gasteiger charge is 2.48. The van der Waals surface area contributed by atoms with Gasteiger partial charge in [-0.3, -0.25) is 9.59 Å². The Morgan fingerprint density at radius 1 is 0.900 bits per heavy atom. The summed E-state index contributed by atoms with van der Waals surface area (Å²) in [4.78, 5) is 34.9. The lowest BCUT2D eigenvalue weighted by Crippen LogP contribution is -2.63. The Balaban J connectivity index is 1.40. The Hall–Kier alpha value is -4.46. The number of aryl methyl sites for hydroxylation is 1. The third-order valence-corrected chi connectivity index (χ3v) is 8.08. The Morgan fingerprint density at radius 3 is 2.30 bits per heavy atom. The van der Waals surface area contributed by atoms with Crippen LogP contribution in [0.5, 0.6) is 17.2 Å². The number of hydrogen-bond acceptors (Lipinski definition) is 5. The van der Waals surface area contributed by atoms with Crippen molar-refractivity contribution in [1.82, 2.24) is 14.8 Å². The molecule has 6 rings (SSSR count). The van der Waals surface area contributed by atoms with Gasteiger partial charge in [0.25, 0.3) is 0 Å². The molecule has 1 aromatic heterocycles. The van der Waals surface area contributed by atoms with Gasteiger partial charge in [0, 0.05) is 29.6 Å². The van der Waals surface area contributed by atoms with E-state index >= 15 is 0 Å². The number of H-pyrrole nitrogens is 1. The van der Waals surface area contributed by atoms with Crippen molar-refractivity contribution in [3.05, 3.63) is 89.1 Å². The van der Waals surface area contributed by atoms with Gasteiger partial charge in [0.15, 0.2) is 11.5 Å². The summed E-state index contributed by atoms with van der Waals surface area (Å²) in [5, 5.41) is 1.07. The summed E-state index contributed by atoms with van der Waals surface area (Å²) < 4.78 is 16.8. The number of rotatable bonds is 8. The Labute approximate surface area is 233 Å². The van der Waals surface area contributed by atoms with Gasteiger partial charge in [-0.15, -0.1) is 0 Å². The summed E-state index contributed by atoms with van der Waals surface area (Å²) in [7, 11) is 4.70. The lowest BCUT2D eigenvalue weighted by atomic mass is 9.86. The first-order valence-corrected chi connectivity index (χ1v) is 13.6. The molecule has 8 nitrogen and oxygen atoms in total. The fourth-order valence-corrected chi connectivity index (χ4v) is 6.24. The molecule has 0 saturated carbocycles. The van der Waals surface area contributed by atoms with Crippen LogP contribution in [0, 0.1) is 0 Å². The number of methoxy groups -OCH3 is 3. The first-order valence-electron chi connectivity index (χ1n) is 13.6. The second kappa shape index (κ2) is 10.6. The molecule has 8 heteroatoms. The van der Waals surface area contributed by atoms with Gasteiger partial charge >= 0.3 is 0 Å². The van der Waals surface area contributed by atoms with Gasteiger partial charge in [0.05, 0.1) is 33.9 Å². The van der Waals surface area contributed by atoms with Crippen LogP contribution < -0.4 is 14.2 Å². The second-order valence-corrected chi connectivity index (χ2v) is 10.3. The highest BCUT2D eigenvalue weighted by atomic mass is 16.5. The zero-order valence-corrected chi connectivity index (χ0v) is 23.0. The van der Waals surface area contributed by atoms with Crippen LogP contribution in [0.3, 0.4) is 0 Å². The van der Waals surface area contributed by atoms with E-state index in [1.165, 1.54) is 5.56 Å². The van der Waals surface area contributed by atoms with Crippen LogP contribution in [0.1, 0.15) is 34.8 Å². The molecule has 3 aromatic carbocycles. The van der Waals surface area contributed by atoms with Crippen LogP contribution in [0.2, 0.25) is 0 Å². The first kappa shape index (κ1) is 25.8. The standard InChI is InChI=1S/C32H33N3O5/c1-38-26-16-21(17-27(39-2)31(26)40-3)30-29-23(22-13-7-8-14-24(22)33-29)18-25-32(37)34(19-28(36)35(25)30)15-9-12-20-10-5-4-6-11-20/h4-8,10-11,13-14,16-17,25,30,33H,9,12,15,18-19H2,1-3H3/t25-,30+/m0/s1. The fraction of sp³-hybridized carbons (Fsp3) is 0.312. The Kier molecular flexibility index (Phi) is 6.84. The highest BCUT2D eigenvalue weighted by molar-refractivity contribution is 5.97. The smallest absolute Gasteiger partial charge is 0.246 e. The lowest BCUT2D eigenvalue weighted by Gasteiger charge is -2.47. The number of para-hydroxylation sites is 1. The molecule has 3 heterocycles. The van der Waals surface area contributed by atoms with E-state index in [2.05, 4.69) is 23.2 Å². The second-order valence-electron chi connectivity index (χ2n) is 10.3. The quantitative estimate of drug-likeness (QED) is 0.356. The molecule has 1 saturated heterocycles. The van der Waals surface area contributed by atoms with E-state index in [1.54, 1.807) is 31.1 Å². The molecule has 1 N–H and O–H groups in total. The predicted molar refractivity (Wildman–Crippen MR) is 152 cm³/mol. The van der Waals surface area contributed by atoms with Crippen molar-refractivity contribution in [2.24, 2.45) is 0 Å². The zero-order chi connectivity index (χ0) is 27.8. The third kappa shape index (κ3) is 4.33. The number of ether oxygens (including phenoxy) is 3. The van der Waals surface area contributed by atoms with Gasteiger partial charge < -0.3 is 29.0 Å². The van der Waals surface area contributed by atoms with Crippen LogP contribution in [0.4, 0.5) is 0 Å². The van der Waals surface area contributed by atoms with E-state index < -0.39 is 12.1 Å². The van der Waals surface area contributed by atoms with Gasteiger partial charge in [-0.05, 0) is 47.7 Å². The number of hydrogen-bond donors (Lipinski definition) is 1. The highest BCUT2D eigenvalue weighted by Crippen LogP contribution is 2.47. The number of piperazine rings is 1. The molecule has 40 heavy (non-hydrogen) atoms. The van der Waals surface area contributed by atoms with Gasteiger partial charge in [-0.25, -0.2) is 0 Å². The van der Waals surface area contributed by atoms with E-state index in [1.807, 2.05) is 48.5 Å². The Bertz CT molecular complexity index is 1540.